The molecule has 1 atom stereocenters. The smallest absolute Gasteiger partial charge is 0.0378 e. The number of likely N-dealkylation sites (N-methyl/N-ethyl adjacent to an activating group) is 1. The molecule has 1 saturated heterocycles. The lowest BCUT2D eigenvalue weighted by molar-refractivity contribution is 0.199. The Labute approximate surface area is 127 Å². The molecule has 0 saturated carbocycles. The van der Waals surface area contributed by atoms with Crippen LogP contribution in [0.15, 0.2) is 22.7 Å². The maximum Gasteiger partial charge on any atom is 0.0378 e. The third kappa shape index (κ3) is 3.09. The van der Waals surface area contributed by atoms with E-state index in [1.165, 1.54) is 15.7 Å². The van der Waals surface area contributed by atoms with Gasteiger partial charge in [0.2, 0.25) is 0 Å². The molecule has 0 aliphatic carbocycles. The molecular formula is C14H20Br2N2. The van der Waals surface area contributed by atoms with Gasteiger partial charge < -0.3 is 4.90 Å². The largest absolute Gasteiger partial charge is 0.369 e. The molecule has 0 N–H and O–H groups in total. The second kappa shape index (κ2) is 6.40. The van der Waals surface area contributed by atoms with Crippen molar-refractivity contribution < 1.29 is 0 Å². The summed E-state index contributed by atoms with van der Waals surface area (Å²) in [6, 6.07) is 7.31. The quantitative estimate of drug-likeness (QED) is 0.739. The number of halogens is 2. The number of anilines is 1. The van der Waals surface area contributed by atoms with E-state index in [-0.39, 0.29) is 0 Å². The van der Waals surface area contributed by atoms with Crippen molar-refractivity contribution in [2.24, 2.45) is 0 Å². The van der Waals surface area contributed by atoms with Crippen molar-refractivity contribution in [2.75, 3.05) is 31.1 Å². The SMILES string of the molecule is CCN1CCN(c2ccc(CBr)c(Br)c2)CC1C. The van der Waals surface area contributed by atoms with E-state index in [4.69, 9.17) is 0 Å². The van der Waals surface area contributed by atoms with Crippen molar-refractivity contribution in [3.05, 3.63) is 28.2 Å². The first kappa shape index (κ1) is 14.4. The number of benzene rings is 1. The van der Waals surface area contributed by atoms with Crippen molar-refractivity contribution >= 4 is 37.5 Å². The van der Waals surface area contributed by atoms with Crippen molar-refractivity contribution in [1.29, 1.82) is 0 Å². The monoisotopic (exact) mass is 374 g/mol. The molecule has 1 fully saturated rings. The van der Waals surface area contributed by atoms with E-state index in [1.807, 2.05) is 0 Å². The second-order valence-electron chi connectivity index (χ2n) is 4.83. The first-order chi connectivity index (χ1) is 8.65. The van der Waals surface area contributed by atoms with E-state index < -0.39 is 0 Å². The van der Waals surface area contributed by atoms with Crippen molar-refractivity contribution in [3.8, 4) is 0 Å². The second-order valence-corrected chi connectivity index (χ2v) is 6.25. The van der Waals surface area contributed by atoms with Gasteiger partial charge in [-0.2, -0.15) is 0 Å². The molecule has 100 valence electrons. The standard InChI is InChI=1S/C14H20Br2N2/c1-3-17-6-7-18(10-11(17)2)13-5-4-12(9-15)14(16)8-13/h4-5,8,11H,3,6-7,9-10H2,1-2H3. The zero-order chi connectivity index (χ0) is 13.1. The molecule has 4 heteroatoms. The van der Waals surface area contributed by atoms with Gasteiger partial charge in [-0.1, -0.05) is 44.8 Å². The Morgan fingerprint density at radius 2 is 2.11 bits per heavy atom. The number of hydrogen-bond donors (Lipinski definition) is 0. The Balaban J connectivity index is 2.11. The predicted molar refractivity (Wildman–Crippen MR) is 85.7 cm³/mol. The molecule has 2 nitrogen and oxygen atoms in total. The summed E-state index contributed by atoms with van der Waals surface area (Å²) in [7, 11) is 0. The highest BCUT2D eigenvalue weighted by atomic mass is 79.9. The number of nitrogens with zero attached hydrogens (tertiary/aromatic N) is 2. The van der Waals surface area contributed by atoms with E-state index >= 15 is 0 Å². The highest BCUT2D eigenvalue weighted by Gasteiger charge is 2.22. The normalized spacial score (nSPS) is 21.3. The van der Waals surface area contributed by atoms with E-state index in [0.29, 0.717) is 6.04 Å². The first-order valence-corrected chi connectivity index (χ1v) is 8.40. The summed E-state index contributed by atoms with van der Waals surface area (Å²) in [5, 5.41) is 0.897. The Bertz CT molecular complexity index is 409. The highest BCUT2D eigenvalue weighted by Crippen LogP contribution is 2.27. The summed E-state index contributed by atoms with van der Waals surface area (Å²) in [4.78, 5) is 5.03. The van der Waals surface area contributed by atoms with Crippen molar-refractivity contribution in [2.45, 2.75) is 25.2 Å². The predicted octanol–water partition coefficient (Wildman–Crippen LogP) is 3.87. The molecule has 2 rings (SSSR count). The molecule has 1 aliphatic heterocycles. The van der Waals surface area contributed by atoms with E-state index in [2.05, 4.69) is 73.7 Å². The number of alkyl halides is 1. The van der Waals surface area contributed by atoms with Crippen LogP contribution in [0.1, 0.15) is 19.4 Å². The topological polar surface area (TPSA) is 6.48 Å². The van der Waals surface area contributed by atoms with Crippen LogP contribution in [0.4, 0.5) is 5.69 Å². The molecule has 0 spiro atoms. The van der Waals surface area contributed by atoms with Gasteiger partial charge in [-0.25, -0.2) is 0 Å². The van der Waals surface area contributed by atoms with Gasteiger partial charge in [-0.05, 0) is 31.2 Å². The number of piperazine rings is 1. The van der Waals surface area contributed by atoms with Crippen LogP contribution in [-0.4, -0.2) is 37.1 Å². The molecule has 0 aromatic heterocycles. The molecule has 1 unspecified atom stereocenters. The average Bonchev–Trinajstić information content (AvgIpc) is 2.38. The van der Waals surface area contributed by atoms with E-state index in [9.17, 15) is 0 Å². The Morgan fingerprint density at radius 3 is 2.67 bits per heavy atom. The summed E-state index contributed by atoms with van der Waals surface area (Å²) in [5.41, 5.74) is 2.63. The van der Waals surface area contributed by atoms with Crippen LogP contribution in [0.25, 0.3) is 0 Å². The molecule has 0 amide bonds. The lowest BCUT2D eigenvalue weighted by atomic mass is 10.1. The van der Waals surface area contributed by atoms with Crippen LogP contribution < -0.4 is 4.90 Å². The van der Waals surface area contributed by atoms with Gasteiger partial charge in [0.15, 0.2) is 0 Å². The Kier molecular flexibility index (Phi) is 5.10. The molecule has 18 heavy (non-hydrogen) atoms. The minimum Gasteiger partial charge on any atom is -0.369 e. The summed E-state index contributed by atoms with van der Waals surface area (Å²) in [5.74, 6) is 0. The molecule has 1 aromatic carbocycles. The van der Waals surface area contributed by atoms with E-state index in [0.717, 1.165) is 31.5 Å². The summed E-state index contributed by atoms with van der Waals surface area (Å²) < 4.78 is 1.20. The molecule has 1 aromatic rings. The molecule has 1 aliphatic rings. The number of hydrogen-bond acceptors (Lipinski definition) is 2. The first-order valence-electron chi connectivity index (χ1n) is 6.49. The van der Waals surface area contributed by atoms with Gasteiger partial charge >= 0.3 is 0 Å². The summed E-state index contributed by atoms with van der Waals surface area (Å²) >= 11 is 7.15. The van der Waals surface area contributed by atoms with E-state index in [1.54, 1.807) is 0 Å². The fourth-order valence-corrected chi connectivity index (χ4v) is 3.91. The molecule has 0 bridgehead atoms. The summed E-state index contributed by atoms with van der Waals surface area (Å²) in [6.45, 7) is 9.12. The van der Waals surface area contributed by atoms with Gasteiger partial charge in [0, 0.05) is 41.2 Å². The maximum absolute atomic E-state index is 3.65. The van der Waals surface area contributed by atoms with Crippen LogP contribution in [-0.2, 0) is 5.33 Å². The fourth-order valence-electron chi connectivity index (χ4n) is 2.54. The lowest BCUT2D eigenvalue weighted by Gasteiger charge is -2.40. The van der Waals surface area contributed by atoms with Gasteiger partial charge in [0.25, 0.3) is 0 Å². The van der Waals surface area contributed by atoms with Crippen molar-refractivity contribution in [1.82, 2.24) is 4.90 Å². The highest BCUT2D eigenvalue weighted by molar-refractivity contribution is 9.10. The average molecular weight is 376 g/mol. The zero-order valence-electron chi connectivity index (χ0n) is 11.0. The van der Waals surface area contributed by atoms with Crippen LogP contribution in [0.5, 0.6) is 0 Å². The van der Waals surface area contributed by atoms with Crippen LogP contribution in [0.2, 0.25) is 0 Å². The van der Waals surface area contributed by atoms with Gasteiger partial charge in [0.1, 0.15) is 0 Å². The molecule has 1 heterocycles. The minimum absolute atomic E-state index is 0.637. The Morgan fingerprint density at radius 1 is 1.33 bits per heavy atom. The third-order valence-corrected chi connectivity index (χ3v) is 5.06. The molecule has 0 radical (unpaired) electrons. The summed E-state index contributed by atoms with van der Waals surface area (Å²) in [6.07, 6.45) is 0. The van der Waals surface area contributed by atoms with Gasteiger partial charge in [0.05, 0.1) is 0 Å². The lowest BCUT2D eigenvalue weighted by Crippen LogP contribution is -2.51. The zero-order valence-corrected chi connectivity index (χ0v) is 14.2. The number of rotatable bonds is 3. The van der Waals surface area contributed by atoms with Crippen LogP contribution >= 0.6 is 31.9 Å². The maximum atomic E-state index is 3.65. The molecular weight excluding hydrogens is 356 g/mol. The fraction of sp³-hybridized carbons (Fsp3) is 0.571. The van der Waals surface area contributed by atoms with Gasteiger partial charge in [-0.3, -0.25) is 4.90 Å². The Hall–Kier alpha value is -0.0600. The van der Waals surface area contributed by atoms with Crippen LogP contribution in [0, 0.1) is 0 Å². The van der Waals surface area contributed by atoms with Crippen molar-refractivity contribution in [3.63, 3.8) is 0 Å². The minimum atomic E-state index is 0.637. The van der Waals surface area contributed by atoms with Crippen LogP contribution in [0.3, 0.4) is 0 Å². The van der Waals surface area contributed by atoms with Gasteiger partial charge in [-0.15, -0.1) is 0 Å². The third-order valence-electron chi connectivity index (χ3n) is 3.72.